The van der Waals surface area contributed by atoms with Crippen LogP contribution in [0.15, 0.2) is 41.0 Å². The van der Waals surface area contributed by atoms with E-state index in [4.69, 9.17) is 4.42 Å². The average molecular weight is 450 g/mol. The molecule has 0 radical (unpaired) electrons. The summed E-state index contributed by atoms with van der Waals surface area (Å²) in [5.74, 6) is 0.211. The van der Waals surface area contributed by atoms with Gasteiger partial charge < -0.3 is 9.32 Å². The average Bonchev–Trinajstić information content (AvgIpc) is 3.11. The Labute approximate surface area is 171 Å². The summed E-state index contributed by atoms with van der Waals surface area (Å²) in [6.07, 6.45) is 7.44. The fourth-order valence-electron chi connectivity index (χ4n) is 6.21. The van der Waals surface area contributed by atoms with Gasteiger partial charge >= 0.3 is 0 Å². The number of hydrogen-bond donors (Lipinski definition) is 0. The monoisotopic (exact) mass is 449 g/mol. The number of carbonyl (C=O) groups is 1. The molecule has 4 bridgehead atoms. The molecule has 148 valence electrons. The second-order valence-electron chi connectivity index (χ2n) is 8.96. The molecule has 4 aliphatic carbocycles. The molecule has 2 aromatic rings. The Kier molecular flexibility index (Phi) is 4.20. The molecular weight excluding hydrogens is 428 g/mol. The van der Waals surface area contributed by atoms with Gasteiger partial charge in [0.1, 0.15) is 17.4 Å². The minimum atomic E-state index is -0.724. The molecular formula is C22H22BrF2NO2. The highest BCUT2D eigenvalue weighted by Gasteiger charge is 2.60. The van der Waals surface area contributed by atoms with E-state index in [-0.39, 0.29) is 22.5 Å². The minimum Gasteiger partial charge on any atom is -0.467 e. The van der Waals surface area contributed by atoms with Crippen molar-refractivity contribution in [2.24, 2.45) is 17.3 Å². The highest BCUT2D eigenvalue weighted by molar-refractivity contribution is 9.10. The van der Waals surface area contributed by atoms with Gasteiger partial charge in [-0.05, 0) is 74.6 Å². The first-order valence-corrected chi connectivity index (χ1v) is 10.6. The molecule has 6 rings (SSSR count). The summed E-state index contributed by atoms with van der Waals surface area (Å²) < 4.78 is 33.6. The number of amides is 1. The number of furan rings is 1. The van der Waals surface area contributed by atoms with Crippen LogP contribution in [0.25, 0.3) is 0 Å². The van der Waals surface area contributed by atoms with Gasteiger partial charge in [0.05, 0.1) is 23.9 Å². The molecule has 0 spiro atoms. The van der Waals surface area contributed by atoms with Crippen LogP contribution >= 0.6 is 15.9 Å². The lowest BCUT2D eigenvalue weighted by atomic mass is 9.49. The molecule has 4 saturated carbocycles. The summed E-state index contributed by atoms with van der Waals surface area (Å²) in [6.45, 7) is 0.140. The van der Waals surface area contributed by atoms with Crippen molar-refractivity contribution in [3.63, 3.8) is 0 Å². The maximum absolute atomic E-state index is 14.7. The smallest absolute Gasteiger partial charge is 0.233 e. The van der Waals surface area contributed by atoms with E-state index in [0.717, 1.165) is 38.2 Å². The van der Waals surface area contributed by atoms with Crippen LogP contribution in [0.1, 0.15) is 44.3 Å². The number of halogens is 3. The topological polar surface area (TPSA) is 33.5 Å². The van der Waals surface area contributed by atoms with Crippen molar-refractivity contribution in [3.05, 3.63) is 54.0 Å². The Morgan fingerprint density at radius 1 is 1.18 bits per heavy atom. The number of benzene rings is 1. The number of alkyl halides is 1. The second kappa shape index (κ2) is 6.41. The molecule has 3 nitrogen and oxygen atoms in total. The van der Waals surface area contributed by atoms with E-state index in [9.17, 15) is 13.6 Å². The third kappa shape index (κ3) is 3.00. The largest absolute Gasteiger partial charge is 0.467 e. The van der Waals surface area contributed by atoms with Crippen molar-refractivity contribution < 1.29 is 18.0 Å². The van der Waals surface area contributed by atoms with Gasteiger partial charge in [0.25, 0.3) is 0 Å². The Hall–Kier alpha value is -1.69. The van der Waals surface area contributed by atoms with Crippen LogP contribution in [-0.4, -0.2) is 10.2 Å². The van der Waals surface area contributed by atoms with Gasteiger partial charge in [0, 0.05) is 10.4 Å². The van der Waals surface area contributed by atoms with E-state index in [0.29, 0.717) is 17.6 Å². The van der Waals surface area contributed by atoms with Crippen LogP contribution in [0.4, 0.5) is 14.5 Å². The van der Waals surface area contributed by atoms with Gasteiger partial charge in [-0.1, -0.05) is 15.9 Å². The fourth-order valence-corrected chi connectivity index (χ4v) is 7.66. The molecule has 0 aliphatic heterocycles. The summed E-state index contributed by atoms with van der Waals surface area (Å²) in [4.78, 5) is 15.4. The summed E-state index contributed by atoms with van der Waals surface area (Å²) in [5.41, 5.74) is -0.372. The number of rotatable bonds is 4. The van der Waals surface area contributed by atoms with E-state index >= 15 is 0 Å². The van der Waals surface area contributed by atoms with Gasteiger partial charge in [-0.15, -0.1) is 0 Å². The third-order valence-corrected chi connectivity index (χ3v) is 7.71. The highest BCUT2D eigenvalue weighted by Crippen LogP contribution is 2.65. The van der Waals surface area contributed by atoms with Crippen LogP contribution in [0.2, 0.25) is 0 Å². The summed E-state index contributed by atoms with van der Waals surface area (Å²) in [6, 6.07) is 6.91. The lowest BCUT2D eigenvalue weighted by Crippen LogP contribution is -2.59. The van der Waals surface area contributed by atoms with Gasteiger partial charge in [-0.25, -0.2) is 8.78 Å². The maximum Gasteiger partial charge on any atom is 0.233 e. The van der Waals surface area contributed by atoms with Gasteiger partial charge in [-0.3, -0.25) is 4.79 Å². The van der Waals surface area contributed by atoms with Crippen molar-refractivity contribution in [2.75, 3.05) is 4.90 Å². The molecule has 2 atom stereocenters. The van der Waals surface area contributed by atoms with Crippen LogP contribution in [0, 0.1) is 28.9 Å². The molecule has 1 amide bonds. The SMILES string of the molecule is O=C(N(Cc1ccco1)c1ccc(F)cc1F)C12CC3CC(CC(Br)(C3)C1)C2. The summed E-state index contributed by atoms with van der Waals surface area (Å²) in [5, 5.41) is 0. The number of carbonyl (C=O) groups excluding carboxylic acids is 1. The van der Waals surface area contributed by atoms with Crippen molar-refractivity contribution in [3.8, 4) is 0 Å². The van der Waals surface area contributed by atoms with E-state index in [2.05, 4.69) is 15.9 Å². The number of nitrogens with zero attached hydrogens (tertiary/aromatic N) is 1. The van der Waals surface area contributed by atoms with Crippen molar-refractivity contribution in [1.29, 1.82) is 0 Å². The maximum atomic E-state index is 14.7. The molecule has 1 heterocycles. The van der Waals surface area contributed by atoms with E-state index < -0.39 is 17.0 Å². The summed E-state index contributed by atoms with van der Waals surface area (Å²) >= 11 is 3.94. The number of anilines is 1. The van der Waals surface area contributed by atoms with E-state index in [1.54, 1.807) is 12.1 Å². The van der Waals surface area contributed by atoms with Crippen molar-refractivity contribution in [2.45, 2.75) is 49.4 Å². The predicted octanol–water partition coefficient (Wildman–Crippen LogP) is 5.82. The zero-order chi connectivity index (χ0) is 19.5. The normalized spacial score (nSPS) is 33.2. The molecule has 1 aromatic carbocycles. The van der Waals surface area contributed by atoms with Crippen LogP contribution < -0.4 is 4.90 Å². The quantitative estimate of drug-likeness (QED) is 0.550. The third-order valence-electron chi connectivity index (χ3n) is 6.78. The lowest BCUT2D eigenvalue weighted by molar-refractivity contribution is -0.141. The Bertz CT molecular complexity index is 899. The Morgan fingerprint density at radius 2 is 1.93 bits per heavy atom. The fraction of sp³-hybridized carbons (Fsp3) is 0.500. The van der Waals surface area contributed by atoms with Crippen molar-refractivity contribution >= 4 is 27.5 Å². The first kappa shape index (κ1) is 18.3. The van der Waals surface area contributed by atoms with E-state index in [1.165, 1.54) is 29.7 Å². The number of hydrogen-bond acceptors (Lipinski definition) is 2. The lowest BCUT2D eigenvalue weighted by Gasteiger charge is -2.60. The zero-order valence-corrected chi connectivity index (χ0v) is 17.1. The Balaban J connectivity index is 1.54. The molecule has 0 saturated heterocycles. The molecule has 4 fully saturated rings. The molecule has 1 aromatic heterocycles. The van der Waals surface area contributed by atoms with Crippen molar-refractivity contribution in [1.82, 2.24) is 0 Å². The van der Waals surface area contributed by atoms with Crippen LogP contribution in [0.5, 0.6) is 0 Å². The zero-order valence-electron chi connectivity index (χ0n) is 15.5. The van der Waals surface area contributed by atoms with Crippen LogP contribution in [-0.2, 0) is 11.3 Å². The minimum absolute atomic E-state index is 0.0183. The molecule has 0 N–H and O–H groups in total. The molecule has 4 aliphatic rings. The van der Waals surface area contributed by atoms with E-state index in [1.807, 2.05) is 0 Å². The first-order valence-electron chi connectivity index (χ1n) is 9.84. The second-order valence-corrected chi connectivity index (χ2v) is 10.6. The molecule has 28 heavy (non-hydrogen) atoms. The van der Waals surface area contributed by atoms with Gasteiger partial charge in [0.2, 0.25) is 5.91 Å². The van der Waals surface area contributed by atoms with Gasteiger partial charge in [-0.2, -0.15) is 0 Å². The first-order chi connectivity index (χ1) is 13.4. The summed E-state index contributed by atoms with van der Waals surface area (Å²) in [7, 11) is 0. The Morgan fingerprint density at radius 3 is 2.54 bits per heavy atom. The highest BCUT2D eigenvalue weighted by atomic mass is 79.9. The van der Waals surface area contributed by atoms with Crippen LogP contribution in [0.3, 0.4) is 0 Å². The predicted molar refractivity (Wildman–Crippen MR) is 105 cm³/mol. The molecule has 2 unspecified atom stereocenters. The molecule has 6 heteroatoms. The van der Waals surface area contributed by atoms with Gasteiger partial charge in [0.15, 0.2) is 0 Å². The standard InChI is InChI=1S/C22H22BrF2NO2/c23-22-10-14-6-15(11-22)9-21(8-14,13-22)20(27)26(12-17-2-1-5-28-17)19-4-3-16(24)7-18(19)25/h1-5,7,14-15H,6,8-13H2.